The fourth-order valence-corrected chi connectivity index (χ4v) is 2.97. The second-order valence-corrected chi connectivity index (χ2v) is 6.44. The highest BCUT2D eigenvalue weighted by Crippen LogP contribution is 2.22. The van der Waals surface area contributed by atoms with E-state index in [2.05, 4.69) is 4.72 Å². The Morgan fingerprint density at radius 3 is 2.38 bits per heavy atom. The molecule has 4 nitrogen and oxygen atoms in total. The first-order valence-electron chi connectivity index (χ1n) is 6.10. The van der Waals surface area contributed by atoms with E-state index in [0.717, 1.165) is 11.6 Å². The quantitative estimate of drug-likeness (QED) is 0.886. The van der Waals surface area contributed by atoms with Crippen molar-refractivity contribution >= 4 is 27.3 Å². The van der Waals surface area contributed by atoms with E-state index in [4.69, 9.17) is 16.7 Å². The van der Waals surface area contributed by atoms with Crippen LogP contribution in [0, 0.1) is 5.82 Å². The fourth-order valence-electron chi connectivity index (χ4n) is 1.74. The predicted molar refractivity (Wildman–Crippen MR) is 79.5 cm³/mol. The van der Waals surface area contributed by atoms with E-state index in [1.165, 1.54) is 24.3 Å². The summed E-state index contributed by atoms with van der Waals surface area (Å²) in [5.41, 5.74) is 1.02. The summed E-state index contributed by atoms with van der Waals surface area (Å²) in [6, 6.07) is 9.72. The number of benzene rings is 2. The molecule has 0 saturated carbocycles. The molecule has 0 saturated heterocycles. The Kier molecular flexibility index (Phi) is 4.82. The van der Waals surface area contributed by atoms with Gasteiger partial charge in [-0.25, -0.2) is 12.8 Å². The van der Waals surface area contributed by atoms with Crippen molar-refractivity contribution in [1.82, 2.24) is 0 Å². The lowest BCUT2D eigenvalue weighted by molar-refractivity contribution is 0.299. The zero-order valence-electron chi connectivity index (χ0n) is 10.9. The van der Waals surface area contributed by atoms with Gasteiger partial charge in [0.1, 0.15) is 5.82 Å². The number of rotatable bonds is 5. The summed E-state index contributed by atoms with van der Waals surface area (Å²) in [7, 11) is -3.77. The highest BCUT2D eigenvalue weighted by Gasteiger charge is 2.14. The average Bonchev–Trinajstić information content (AvgIpc) is 2.44. The minimum absolute atomic E-state index is 0.00156. The van der Waals surface area contributed by atoms with Gasteiger partial charge in [0.05, 0.1) is 15.6 Å². The first-order valence-corrected chi connectivity index (χ1v) is 7.96. The van der Waals surface area contributed by atoms with Crippen LogP contribution in [0.5, 0.6) is 0 Å². The maximum atomic E-state index is 13.0. The maximum Gasteiger partial charge on any atom is 0.261 e. The van der Waals surface area contributed by atoms with Crippen LogP contribution in [0.25, 0.3) is 0 Å². The van der Waals surface area contributed by atoms with Gasteiger partial charge in [-0.15, -0.1) is 0 Å². The first kappa shape index (κ1) is 15.8. The molecule has 2 aromatic rings. The lowest BCUT2D eigenvalue weighted by Gasteiger charge is -2.09. The molecule has 0 aliphatic heterocycles. The molecule has 21 heavy (non-hydrogen) atoms. The zero-order valence-corrected chi connectivity index (χ0v) is 12.5. The molecule has 0 fully saturated rings. The Labute approximate surface area is 127 Å². The van der Waals surface area contributed by atoms with Gasteiger partial charge in [0.15, 0.2) is 0 Å². The third-order valence-corrected chi connectivity index (χ3v) is 4.49. The third-order valence-electron chi connectivity index (χ3n) is 2.81. The van der Waals surface area contributed by atoms with Crippen molar-refractivity contribution in [3.8, 4) is 0 Å². The number of halogens is 2. The van der Waals surface area contributed by atoms with Crippen LogP contribution in [0.3, 0.4) is 0 Å². The van der Waals surface area contributed by atoms with E-state index in [1.54, 1.807) is 12.1 Å². The van der Waals surface area contributed by atoms with Gasteiger partial charge < -0.3 is 5.11 Å². The Balaban J connectivity index is 2.23. The van der Waals surface area contributed by atoms with Crippen molar-refractivity contribution in [2.24, 2.45) is 0 Å². The van der Waals surface area contributed by atoms with Crippen LogP contribution >= 0.6 is 11.6 Å². The summed E-state index contributed by atoms with van der Waals surface area (Å²) in [5, 5.41) is 8.66. The molecular formula is C14H13ClFNO3S. The summed E-state index contributed by atoms with van der Waals surface area (Å²) >= 11 is 5.61. The van der Waals surface area contributed by atoms with Crippen molar-refractivity contribution in [1.29, 1.82) is 0 Å². The third kappa shape index (κ3) is 3.93. The second-order valence-electron chi connectivity index (χ2n) is 4.35. The van der Waals surface area contributed by atoms with Gasteiger partial charge in [0.2, 0.25) is 0 Å². The van der Waals surface area contributed by atoms with Crippen LogP contribution in [-0.2, 0) is 16.4 Å². The van der Waals surface area contributed by atoms with Crippen molar-refractivity contribution in [3.05, 3.63) is 58.9 Å². The molecule has 0 unspecified atom stereocenters. The molecule has 0 amide bonds. The molecule has 0 bridgehead atoms. The standard InChI is InChI=1S/C14H13ClFNO3S/c15-13-9-11(3-6-14(13)16)17-21(19,20)12-4-1-10(2-5-12)7-8-18/h1-6,9,17-18H,7-8H2. The van der Waals surface area contributed by atoms with Gasteiger partial charge in [-0.05, 0) is 42.3 Å². The Bertz CT molecular complexity index is 732. The fraction of sp³-hybridized carbons (Fsp3) is 0.143. The van der Waals surface area contributed by atoms with E-state index >= 15 is 0 Å². The van der Waals surface area contributed by atoms with Crippen LogP contribution in [0.4, 0.5) is 10.1 Å². The van der Waals surface area contributed by atoms with Gasteiger partial charge in [-0.2, -0.15) is 0 Å². The Hall–Kier alpha value is -1.63. The van der Waals surface area contributed by atoms with E-state index in [0.29, 0.717) is 6.42 Å². The molecule has 2 N–H and O–H groups in total. The highest BCUT2D eigenvalue weighted by molar-refractivity contribution is 7.92. The van der Waals surface area contributed by atoms with Crippen LogP contribution in [0.15, 0.2) is 47.4 Å². The number of anilines is 1. The molecule has 0 heterocycles. The first-order chi connectivity index (χ1) is 9.92. The summed E-state index contributed by atoms with van der Waals surface area (Å²) in [4.78, 5) is 0.0737. The molecule has 2 aromatic carbocycles. The number of hydrogen-bond acceptors (Lipinski definition) is 3. The Morgan fingerprint density at radius 1 is 1.14 bits per heavy atom. The molecule has 0 aromatic heterocycles. The zero-order chi connectivity index (χ0) is 15.5. The molecule has 0 spiro atoms. The predicted octanol–water partition coefficient (Wildman–Crippen LogP) is 2.81. The Morgan fingerprint density at radius 2 is 1.81 bits per heavy atom. The van der Waals surface area contributed by atoms with Crippen molar-refractivity contribution in [3.63, 3.8) is 0 Å². The van der Waals surface area contributed by atoms with Gasteiger partial charge in [0.25, 0.3) is 10.0 Å². The number of aliphatic hydroxyl groups is 1. The lowest BCUT2D eigenvalue weighted by Crippen LogP contribution is -2.13. The number of aliphatic hydroxyl groups excluding tert-OH is 1. The van der Waals surface area contributed by atoms with Crippen LogP contribution in [0.2, 0.25) is 5.02 Å². The molecule has 0 atom stereocenters. The summed E-state index contributed by atoms with van der Waals surface area (Å²) < 4.78 is 39.7. The molecule has 0 radical (unpaired) electrons. The molecule has 2 rings (SSSR count). The van der Waals surface area contributed by atoms with Crippen molar-refractivity contribution < 1.29 is 17.9 Å². The van der Waals surface area contributed by atoms with Gasteiger partial charge in [0, 0.05) is 6.61 Å². The summed E-state index contributed by atoms with van der Waals surface area (Å²) in [6.07, 6.45) is 0.460. The van der Waals surface area contributed by atoms with Crippen LogP contribution in [-0.4, -0.2) is 20.1 Å². The smallest absolute Gasteiger partial charge is 0.261 e. The van der Waals surface area contributed by atoms with Crippen LogP contribution < -0.4 is 4.72 Å². The van der Waals surface area contributed by atoms with E-state index in [9.17, 15) is 12.8 Å². The number of sulfonamides is 1. The summed E-state index contributed by atoms with van der Waals surface area (Å²) in [5.74, 6) is -0.618. The van der Waals surface area contributed by atoms with E-state index < -0.39 is 15.8 Å². The van der Waals surface area contributed by atoms with Gasteiger partial charge in [-0.3, -0.25) is 4.72 Å². The monoisotopic (exact) mass is 329 g/mol. The molecule has 0 aliphatic carbocycles. The summed E-state index contributed by atoms with van der Waals surface area (Å²) in [6.45, 7) is -0.00156. The normalized spacial score (nSPS) is 11.4. The minimum atomic E-state index is -3.77. The molecule has 112 valence electrons. The lowest BCUT2D eigenvalue weighted by atomic mass is 10.2. The van der Waals surface area contributed by atoms with Crippen LogP contribution in [0.1, 0.15) is 5.56 Å². The highest BCUT2D eigenvalue weighted by atomic mass is 35.5. The van der Waals surface area contributed by atoms with Crippen molar-refractivity contribution in [2.45, 2.75) is 11.3 Å². The largest absolute Gasteiger partial charge is 0.396 e. The maximum absolute atomic E-state index is 13.0. The molecular weight excluding hydrogens is 317 g/mol. The van der Waals surface area contributed by atoms with E-state index in [-0.39, 0.29) is 22.2 Å². The van der Waals surface area contributed by atoms with Crippen molar-refractivity contribution in [2.75, 3.05) is 11.3 Å². The van der Waals surface area contributed by atoms with E-state index in [1.807, 2.05) is 0 Å². The number of hydrogen-bond donors (Lipinski definition) is 2. The minimum Gasteiger partial charge on any atom is -0.396 e. The van der Waals surface area contributed by atoms with Gasteiger partial charge >= 0.3 is 0 Å². The second kappa shape index (κ2) is 6.43. The molecule has 7 heteroatoms. The average molecular weight is 330 g/mol. The van der Waals surface area contributed by atoms with Gasteiger partial charge in [-0.1, -0.05) is 23.7 Å². The number of nitrogens with one attached hydrogen (secondary N) is 1. The SMILES string of the molecule is O=S(=O)(Nc1ccc(F)c(Cl)c1)c1ccc(CCO)cc1. The topological polar surface area (TPSA) is 66.4 Å². The molecule has 0 aliphatic rings.